The van der Waals surface area contributed by atoms with Gasteiger partial charge in [0.15, 0.2) is 0 Å². The quantitative estimate of drug-likeness (QED) is 0.654. The Hall–Kier alpha value is -2.36. The van der Waals surface area contributed by atoms with Crippen molar-refractivity contribution >= 4 is 11.4 Å². The first-order valence-corrected chi connectivity index (χ1v) is 6.97. The summed E-state index contributed by atoms with van der Waals surface area (Å²) >= 11 is 0. The molecule has 1 unspecified atom stereocenters. The zero-order valence-corrected chi connectivity index (χ0v) is 12.8. The average Bonchev–Trinajstić information content (AvgIpc) is 2.43. The van der Waals surface area contributed by atoms with E-state index < -0.39 is 0 Å². The molecule has 0 heterocycles. The lowest BCUT2D eigenvalue weighted by Gasteiger charge is -2.18. The van der Waals surface area contributed by atoms with Crippen LogP contribution in [0.4, 0.5) is 11.4 Å². The van der Waals surface area contributed by atoms with Crippen LogP contribution in [0.25, 0.3) is 0 Å². The molecule has 0 aliphatic rings. The van der Waals surface area contributed by atoms with Crippen molar-refractivity contribution < 1.29 is 4.92 Å². The molecule has 1 N–H and O–H groups in total. The van der Waals surface area contributed by atoms with Gasteiger partial charge in [-0.3, -0.25) is 10.1 Å². The standard InChI is InChI=1S/C17H20N2O2/c1-11-5-6-12(2)16(9-11)18-14(4)15-8-7-13(3)17(10-15)19(20)21/h5-10,14,18H,1-4H3. The molecule has 2 rings (SSSR count). The monoisotopic (exact) mass is 284 g/mol. The zero-order valence-electron chi connectivity index (χ0n) is 12.8. The maximum atomic E-state index is 11.0. The first-order chi connectivity index (χ1) is 9.88. The van der Waals surface area contributed by atoms with Crippen molar-refractivity contribution in [2.75, 3.05) is 5.32 Å². The van der Waals surface area contributed by atoms with Gasteiger partial charge in [0.05, 0.1) is 4.92 Å². The molecule has 21 heavy (non-hydrogen) atoms. The summed E-state index contributed by atoms with van der Waals surface area (Å²) in [6.07, 6.45) is 0. The Morgan fingerprint density at radius 2 is 1.71 bits per heavy atom. The molecule has 0 aliphatic heterocycles. The Balaban J connectivity index is 2.28. The molecule has 0 saturated carbocycles. The van der Waals surface area contributed by atoms with Crippen molar-refractivity contribution in [1.29, 1.82) is 0 Å². The number of nitro groups is 1. The first-order valence-electron chi connectivity index (χ1n) is 6.97. The highest BCUT2D eigenvalue weighted by Crippen LogP contribution is 2.27. The molecule has 1 atom stereocenters. The minimum atomic E-state index is -0.330. The van der Waals surface area contributed by atoms with Crippen LogP contribution in [0, 0.1) is 30.9 Å². The fraction of sp³-hybridized carbons (Fsp3) is 0.294. The van der Waals surface area contributed by atoms with E-state index in [0.29, 0.717) is 5.56 Å². The summed E-state index contributed by atoms with van der Waals surface area (Å²) in [7, 11) is 0. The summed E-state index contributed by atoms with van der Waals surface area (Å²) in [6, 6.07) is 11.6. The number of nitro benzene ring substituents is 1. The van der Waals surface area contributed by atoms with Crippen molar-refractivity contribution in [2.24, 2.45) is 0 Å². The Kier molecular flexibility index (Phi) is 4.26. The number of nitrogens with zero attached hydrogens (tertiary/aromatic N) is 1. The molecule has 0 fully saturated rings. The number of nitrogens with one attached hydrogen (secondary N) is 1. The highest BCUT2D eigenvalue weighted by atomic mass is 16.6. The maximum absolute atomic E-state index is 11.0. The SMILES string of the molecule is Cc1ccc(C)c(NC(C)c2ccc(C)c([N+](=O)[O-])c2)c1. The smallest absolute Gasteiger partial charge is 0.272 e. The Bertz CT molecular complexity index is 680. The summed E-state index contributed by atoms with van der Waals surface area (Å²) in [4.78, 5) is 10.7. The van der Waals surface area contributed by atoms with Gasteiger partial charge in [-0.2, -0.15) is 0 Å². The van der Waals surface area contributed by atoms with Crippen LogP contribution in [0.15, 0.2) is 36.4 Å². The Labute approximate surface area is 125 Å². The van der Waals surface area contributed by atoms with E-state index in [4.69, 9.17) is 0 Å². The van der Waals surface area contributed by atoms with E-state index in [9.17, 15) is 10.1 Å². The van der Waals surface area contributed by atoms with Crippen molar-refractivity contribution in [3.05, 3.63) is 68.8 Å². The average molecular weight is 284 g/mol. The highest BCUT2D eigenvalue weighted by molar-refractivity contribution is 5.54. The number of rotatable bonds is 4. The van der Waals surface area contributed by atoms with E-state index in [0.717, 1.165) is 16.8 Å². The van der Waals surface area contributed by atoms with Gasteiger partial charge in [0.25, 0.3) is 5.69 Å². The maximum Gasteiger partial charge on any atom is 0.272 e. The van der Waals surface area contributed by atoms with Crippen LogP contribution >= 0.6 is 0 Å². The fourth-order valence-corrected chi connectivity index (χ4v) is 2.30. The van der Waals surface area contributed by atoms with Gasteiger partial charge in [-0.15, -0.1) is 0 Å². The molecule has 0 amide bonds. The van der Waals surface area contributed by atoms with E-state index in [1.165, 1.54) is 5.56 Å². The summed E-state index contributed by atoms with van der Waals surface area (Å²) in [6.45, 7) is 7.86. The molecule has 0 aliphatic carbocycles. The predicted molar refractivity (Wildman–Crippen MR) is 85.8 cm³/mol. The van der Waals surface area contributed by atoms with Gasteiger partial charge in [0.2, 0.25) is 0 Å². The van der Waals surface area contributed by atoms with E-state index in [-0.39, 0.29) is 16.7 Å². The van der Waals surface area contributed by atoms with Crippen LogP contribution in [0.3, 0.4) is 0 Å². The number of anilines is 1. The van der Waals surface area contributed by atoms with Crippen LogP contribution in [0.5, 0.6) is 0 Å². The number of benzene rings is 2. The number of aryl methyl sites for hydroxylation is 3. The summed E-state index contributed by atoms with van der Waals surface area (Å²) in [5.41, 5.74) is 5.17. The molecule has 0 aromatic heterocycles. The topological polar surface area (TPSA) is 55.2 Å². The largest absolute Gasteiger partial charge is 0.378 e. The van der Waals surface area contributed by atoms with E-state index in [1.807, 2.05) is 26.8 Å². The number of hydrogen-bond acceptors (Lipinski definition) is 3. The summed E-state index contributed by atoms with van der Waals surface area (Å²) in [5, 5.41) is 14.5. The van der Waals surface area contributed by atoms with Crippen LogP contribution in [-0.4, -0.2) is 4.92 Å². The second kappa shape index (κ2) is 5.95. The first kappa shape index (κ1) is 15.0. The second-order valence-corrected chi connectivity index (χ2v) is 5.49. The fourth-order valence-electron chi connectivity index (χ4n) is 2.30. The summed E-state index contributed by atoms with van der Waals surface area (Å²) < 4.78 is 0. The van der Waals surface area contributed by atoms with Gasteiger partial charge in [-0.25, -0.2) is 0 Å². The number of hydrogen-bond donors (Lipinski definition) is 1. The zero-order chi connectivity index (χ0) is 15.6. The van der Waals surface area contributed by atoms with Gasteiger partial charge >= 0.3 is 0 Å². The molecule has 0 saturated heterocycles. The summed E-state index contributed by atoms with van der Waals surface area (Å²) in [5.74, 6) is 0. The van der Waals surface area contributed by atoms with E-state index >= 15 is 0 Å². The molecule has 0 radical (unpaired) electrons. The minimum Gasteiger partial charge on any atom is -0.378 e. The lowest BCUT2D eigenvalue weighted by atomic mass is 10.0. The van der Waals surface area contributed by atoms with Crippen LogP contribution in [-0.2, 0) is 0 Å². The van der Waals surface area contributed by atoms with Crippen molar-refractivity contribution in [1.82, 2.24) is 0 Å². The molecule has 4 heteroatoms. The second-order valence-electron chi connectivity index (χ2n) is 5.49. The molecule has 0 bridgehead atoms. The highest BCUT2D eigenvalue weighted by Gasteiger charge is 2.14. The van der Waals surface area contributed by atoms with Gasteiger partial charge in [-0.1, -0.05) is 24.3 Å². The Morgan fingerprint density at radius 3 is 2.38 bits per heavy atom. The molecule has 0 spiro atoms. The lowest BCUT2D eigenvalue weighted by Crippen LogP contribution is -2.08. The third kappa shape index (κ3) is 3.40. The molecular formula is C17H20N2O2. The molecule has 2 aromatic rings. The molecule has 110 valence electrons. The molecule has 4 nitrogen and oxygen atoms in total. The van der Waals surface area contributed by atoms with Gasteiger partial charge < -0.3 is 5.32 Å². The normalized spacial score (nSPS) is 12.0. The third-order valence-electron chi connectivity index (χ3n) is 3.69. The van der Waals surface area contributed by atoms with Crippen LogP contribution in [0.1, 0.15) is 35.2 Å². The van der Waals surface area contributed by atoms with E-state index in [2.05, 4.69) is 23.5 Å². The van der Waals surface area contributed by atoms with Crippen molar-refractivity contribution in [3.8, 4) is 0 Å². The third-order valence-corrected chi connectivity index (χ3v) is 3.69. The minimum absolute atomic E-state index is 0.00444. The van der Waals surface area contributed by atoms with Gasteiger partial charge in [-0.05, 0) is 50.5 Å². The van der Waals surface area contributed by atoms with Crippen LogP contribution < -0.4 is 5.32 Å². The van der Waals surface area contributed by atoms with Gasteiger partial charge in [0.1, 0.15) is 0 Å². The van der Waals surface area contributed by atoms with Crippen LogP contribution in [0.2, 0.25) is 0 Å². The Morgan fingerprint density at radius 1 is 1.05 bits per heavy atom. The van der Waals surface area contributed by atoms with Crippen molar-refractivity contribution in [3.63, 3.8) is 0 Å². The predicted octanol–water partition coefficient (Wildman–Crippen LogP) is 4.69. The molecular weight excluding hydrogens is 264 g/mol. The van der Waals surface area contributed by atoms with Gasteiger partial charge in [0, 0.05) is 23.4 Å². The van der Waals surface area contributed by atoms with E-state index in [1.54, 1.807) is 19.1 Å². The lowest BCUT2D eigenvalue weighted by molar-refractivity contribution is -0.385. The molecule has 2 aromatic carbocycles. The van der Waals surface area contributed by atoms with Crippen molar-refractivity contribution in [2.45, 2.75) is 33.7 Å².